The van der Waals surface area contributed by atoms with Crippen LogP contribution in [0.15, 0.2) is 6.20 Å². The molecular weight excluding hydrogens is 202 g/mol. The third-order valence-corrected chi connectivity index (χ3v) is 2.95. The van der Waals surface area contributed by atoms with E-state index in [4.69, 9.17) is 4.74 Å². The Bertz CT molecular complexity index is 348. The second-order valence-corrected chi connectivity index (χ2v) is 4.41. The van der Waals surface area contributed by atoms with Crippen LogP contribution in [-0.2, 0) is 0 Å². The fourth-order valence-electron chi connectivity index (χ4n) is 1.90. The molecule has 0 atom stereocenters. The monoisotopic (exact) mass is 221 g/mol. The molecular formula is C12H19N3O. The summed E-state index contributed by atoms with van der Waals surface area (Å²) in [7, 11) is 0. The minimum atomic E-state index is 0.656. The van der Waals surface area contributed by atoms with Crippen LogP contribution in [0.25, 0.3) is 0 Å². The van der Waals surface area contributed by atoms with Gasteiger partial charge in [0.1, 0.15) is 0 Å². The number of aromatic nitrogens is 2. The lowest BCUT2D eigenvalue weighted by molar-refractivity contribution is 0.206. The average Bonchev–Trinajstić information content (AvgIpc) is 2.32. The van der Waals surface area contributed by atoms with E-state index in [1.54, 1.807) is 6.20 Å². The van der Waals surface area contributed by atoms with E-state index < -0.39 is 0 Å². The van der Waals surface area contributed by atoms with Gasteiger partial charge in [-0.2, -0.15) is 0 Å². The Hall–Kier alpha value is -1.16. The fraction of sp³-hybridized carbons (Fsp3) is 0.667. The minimum Gasteiger partial charge on any atom is -0.476 e. The Labute approximate surface area is 96.4 Å². The predicted octanol–water partition coefficient (Wildman–Crippen LogP) is 1.47. The van der Waals surface area contributed by atoms with E-state index >= 15 is 0 Å². The maximum absolute atomic E-state index is 5.76. The molecule has 2 heterocycles. The molecule has 0 unspecified atom stereocenters. The van der Waals surface area contributed by atoms with Gasteiger partial charge < -0.3 is 10.1 Å². The molecule has 1 N–H and O–H groups in total. The third kappa shape index (κ3) is 2.92. The van der Waals surface area contributed by atoms with E-state index in [1.165, 1.54) is 12.8 Å². The standard InChI is InChI=1S/C12H19N3O/c1-9-7-14-10(2)12(15-9)16-8-11-3-5-13-6-4-11/h7,11,13H,3-6,8H2,1-2H3. The van der Waals surface area contributed by atoms with Crippen LogP contribution in [0.1, 0.15) is 24.2 Å². The number of ether oxygens (including phenoxy) is 1. The van der Waals surface area contributed by atoms with Gasteiger partial charge in [-0.3, -0.25) is 4.98 Å². The number of aryl methyl sites for hydroxylation is 2. The highest BCUT2D eigenvalue weighted by molar-refractivity contribution is 5.17. The first-order valence-corrected chi connectivity index (χ1v) is 5.89. The summed E-state index contributed by atoms with van der Waals surface area (Å²) in [5.41, 5.74) is 1.78. The molecule has 88 valence electrons. The van der Waals surface area contributed by atoms with Crippen molar-refractivity contribution < 1.29 is 4.74 Å². The molecule has 0 spiro atoms. The first kappa shape index (κ1) is 11.3. The summed E-state index contributed by atoms with van der Waals surface area (Å²) in [6, 6.07) is 0. The summed E-state index contributed by atoms with van der Waals surface area (Å²) in [5, 5.41) is 3.35. The smallest absolute Gasteiger partial charge is 0.235 e. The van der Waals surface area contributed by atoms with Gasteiger partial charge in [-0.25, -0.2) is 4.98 Å². The van der Waals surface area contributed by atoms with Crippen molar-refractivity contribution in [1.82, 2.24) is 15.3 Å². The summed E-state index contributed by atoms with van der Waals surface area (Å²) >= 11 is 0. The Kier molecular flexibility index (Phi) is 3.72. The summed E-state index contributed by atoms with van der Waals surface area (Å²) in [6.45, 7) is 6.84. The SMILES string of the molecule is Cc1cnc(C)c(OCC2CCNCC2)n1. The van der Waals surface area contributed by atoms with Gasteiger partial charge in [0.2, 0.25) is 5.88 Å². The molecule has 2 rings (SSSR count). The lowest BCUT2D eigenvalue weighted by Gasteiger charge is -2.22. The van der Waals surface area contributed by atoms with Crippen molar-refractivity contribution in [1.29, 1.82) is 0 Å². The van der Waals surface area contributed by atoms with Gasteiger partial charge in [0, 0.05) is 6.20 Å². The molecule has 4 heteroatoms. The van der Waals surface area contributed by atoms with Gasteiger partial charge in [-0.1, -0.05) is 0 Å². The zero-order valence-electron chi connectivity index (χ0n) is 9.99. The highest BCUT2D eigenvalue weighted by Gasteiger charge is 2.14. The fourth-order valence-corrected chi connectivity index (χ4v) is 1.90. The topological polar surface area (TPSA) is 47.0 Å². The number of nitrogens with zero attached hydrogens (tertiary/aromatic N) is 2. The summed E-state index contributed by atoms with van der Waals surface area (Å²) in [4.78, 5) is 8.60. The van der Waals surface area contributed by atoms with Crippen molar-refractivity contribution in [2.75, 3.05) is 19.7 Å². The maximum Gasteiger partial charge on any atom is 0.235 e. The molecule has 1 aliphatic rings. The second-order valence-electron chi connectivity index (χ2n) is 4.41. The van der Waals surface area contributed by atoms with Crippen LogP contribution < -0.4 is 10.1 Å². The largest absolute Gasteiger partial charge is 0.476 e. The van der Waals surface area contributed by atoms with E-state index in [0.717, 1.165) is 31.1 Å². The van der Waals surface area contributed by atoms with Crippen LogP contribution in [0.5, 0.6) is 5.88 Å². The Morgan fingerprint density at radius 3 is 2.88 bits per heavy atom. The highest BCUT2D eigenvalue weighted by Crippen LogP contribution is 2.16. The van der Waals surface area contributed by atoms with Crippen molar-refractivity contribution >= 4 is 0 Å². The summed E-state index contributed by atoms with van der Waals surface area (Å²) < 4.78 is 5.76. The molecule has 0 amide bonds. The molecule has 16 heavy (non-hydrogen) atoms. The number of piperidine rings is 1. The molecule has 0 bridgehead atoms. The van der Waals surface area contributed by atoms with Gasteiger partial charge in [0.05, 0.1) is 18.0 Å². The minimum absolute atomic E-state index is 0.656. The number of hydrogen-bond donors (Lipinski definition) is 1. The van der Waals surface area contributed by atoms with Crippen LogP contribution in [0.4, 0.5) is 0 Å². The maximum atomic E-state index is 5.76. The zero-order chi connectivity index (χ0) is 11.4. The van der Waals surface area contributed by atoms with Gasteiger partial charge in [-0.05, 0) is 45.7 Å². The first-order chi connectivity index (χ1) is 7.75. The quantitative estimate of drug-likeness (QED) is 0.839. The Morgan fingerprint density at radius 2 is 2.12 bits per heavy atom. The summed E-state index contributed by atoms with van der Waals surface area (Å²) in [5.74, 6) is 1.35. The van der Waals surface area contributed by atoms with E-state index in [-0.39, 0.29) is 0 Å². The molecule has 4 nitrogen and oxygen atoms in total. The normalized spacial score (nSPS) is 17.4. The van der Waals surface area contributed by atoms with E-state index in [9.17, 15) is 0 Å². The molecule has 1 aliphatic heterocycles. The van der Waals surface area contributed by atoms with E-state index in [2.05, 4.69) is 15.3 Å². The summed E-state index contributed by atoms with van der Waals surface area (Å²) in [6.07, 6.45) is 4.16. The van der Waals surface area contributed by atoms with Gasteiger partial charge in [0.15, 0.2) is 0 Å². The third-order valence-electron chi connectivity index (χ3n) is 2.95. The molecule has 0 aromatic carbocycles. The first-order valence-electron chi connectivity index (χ1n) is 5.89. The second kappa shape index (κ2) is 5.25. The van der Waals surface area contributed by atoms with Crippen LogP contribution >= 0.6 is 0 Å². The average molecular weight is 221 g/mol. The molecule has 0 radical (unpaired) electrons. The molecule has 1 saturated heterocycles. The van der Waals surface area contributed by atoms with Gasteiger partial charge in [0.25, 0.3) is 0 Å². The van der Waals surface area contributed by atoms with Crippen molar-refractivity contribution in [3.8, 4) is 5.88 Å². The van der Waals surface area contributed by atoms with Crippen LogP contribution in [0.3, 0.4) is 0 Å². The lowest BCUT2D eigenvalue weighted by atomic mass is 9.99. The Morgan fingerprint density at radius 1 is 1.38 bits per heavy atom. The van der Waals surface area contributed by atoms with Crippen molar-refractivity contribution in [3.63, 3.8) is 0 Å². The van der Waals surface area contributed by atoms with Crippen molar-refractivity contribution in [2.45, 2.75) is 26.7 Å². The van der Waals surface area contributed by atoms with Crippen molar-refractivity contribution in [3.05, 3.63) is 17.6 Å². The van der Waals surface area contributed by atoms with E-state index in [0.29, 0.717) is 11.8 Å². The lowest BCUT2D eigenvalue weighted by Crippen LogP contribution is -2.30. The Balaban J connectivity index is 1.90. The van der Waals surface area contributed by atoms with E-state index in [1.807, 2.05) is 13.8 Å². The van der Waals surface area contributed by atoms with Crippen LogP contribution in [0.2, 0.25) is 0 Å². The predicted molar refractivity (Wildman–Crippen MR) is 62.6 cm³/mol. The number of nitrogens with one attached hydrogen (secondary N) is 1. The van der Waals surface area contributed by atoms with Crippen LogP contribution in [-0.4, -0.2) is 29.7 Å². The molecule has 1 aromatic rings. The van der Waals surface area contributed by atoms with Gasteiger partial charge in [-0.15, -0.1) is 0 Å². The van der Waals surface area contributed by atoms with Crippen LogP contribution in [0, 0.1) is 19.8 Å². The zero-order valence-corrected chi connectivity index (χ0v) is 9.99. The number of hydrogen-bond acceptors (Lipinski definition) is 4. The molecule has 1 aromatic heterocycles. The highest BCUT2D eigenvalue weighted by atomic mass is 16.5. The molecule has 0 aliphatic carbocycles. The van der Waals surface area contributed by atoms with Crippen molar-refractivity contribution in [2.24, 2.45) is 5.92 Å². The molecule has 1 fully saturated rings. The number of rotatable bonds is 3. The van der Waals surface area contributed by atoms with Gasteiger partial charge >= 0.3 is 0 Å². The molecule has 0 saturated carbocycles.